The molecule has 1 heterocycles. The van der Waals surface area contributed by atoms with E-state index in [0.717, 1.165) is 11.3 Å². The van der Waals surface area contributed by atoms with Gasteiger partial charge in [-0.25, -0.2) is 0 Å². The minimum atomic E-state index is -0.166. The number of hydrogen-bond donors (Lipinski definition) is 1. The van der Waals surface area contributed by atoms with Gasteiger partial charge in [-0.15, -0.1) is 0 Å². The molecule has 6 heteroatoms. The first kappa shape index (κ1) is 18.4. The molecule has 0 spiro atoms. The summed E-state index contributed by atoms with van der Waals surface area (Å²) in [4.78, 5) is 25.8. The molecular formula is C21H21N3O3. The summed E-state index contributed by atoms with van der Waals surface area (Å²) in [5.74, 6) is 0.337. The van der Waals surface area contributed by atoms with Crippen LogP contribution in [0.3, 0.4) is 0 Å². The largest absolute Gasteiger partial charge is 0.359 e. The number of nitrogens with zero attached hydrogens (tertiary/aromatic N) is 2. The van der Waals surface area contributed by atoms with E-state index in [2.05, 4.69) is 10.5 Å². The van der Waals surface area contributed by atoms with Gasteiger partial charge in [0, 0.05) is 36.3 Å². The van der Waals surface area contributed by atoms with Crippen molar-refractivity contribution >= 4 is 17.5 Å². The summed E-state index contributed by atoms with van der Waals surface area (Å²) in [7, 11) is 1.70. The number of carbonyl (C=O) groups is 2. The van der Waals surface area contributed by atoms with Crippen LogP contribution in [0.15, 0.2) is 65.2 Å². The Morgan fingerprint density at radius 3 is 2.59 bits per heavy atom. The van der Waals surface area contributed by atoms with E-state index in [0.29, 0.717) is 30.0 Å². The van der Waals surface area contributed by atoms with Crippen molar-refractivity contribution < 1.29 is 14.1 Å². The third kappa shape index (κ3) is 4.61. The average molecular weight is 363 g/mol. The summed E-state index contributed by atoms with van der Waals surface area (Å²) in [6.07, 6.45) is 0.382. The maximum Gasteiger partial charge on any atom is 0.254 e. The first-order chi connectivity index (χ1) is 13.1. The van der Waals surface area contributed by atoms with Crippen molar-refractivity contribution in [1.29, 1.82) is 0 Å². The molecule has 0 saturated carbocycles. The molecule has 0 bridgehead atoms. The molecule has 0 saturated heterocycles. The predicted molar refractivity (Wildman–Crippen MR) is 103 cm³/mol. The van der Waals surface area contributed by atoms with Crippen molar-refractivity contribution in [2.45, 2.75) is 19.9 Å². The third-order valence-corrected chi connectivity index (χ3v) is 4.08. The molecule has 0 fully saturated rings. The van der Waals surface area contributed by atoms with Crippen molar-refractivity contribution in [2.75, 3.05) is 12.4 Å². The van der Waals surface area contributed by atoms with Gasteiger partial charge in [-0.1, -0.05) is 48.5 Å². The van der Waals surface area contributed by atoms with Crippen LogP contribution in [-0.4, -0.2) is 28.9 Å². The first-order valence-electron chi connectivity index (χ1n) is 8.73. The predicted octanol–water partition coefficient (Wildman–Crippen LogP) is 3.96. The lowest BCUT2D eigenvalue weighted by Gasteiger charge is -2.16. The van der Waals surface area contributed by atoms with Gasteiger partial charge in [-0.2, -0.15) is 0 Å². The highest BCUT2D eigenvalue weighted by Gasteiger charge is 2.16. The highest BCUT2D eigenvalue weighted by atomic mass is 16.5. The van der Waals surface area contributed by atoms with Gasteiger partial charge >= 0.3 is 0 Å². The summed E-state index contributed by atoms with van der Waals surface area (Å²) >= 11 is 0. The van der Waals surface area contributed by atoms with Crippen LogP contribution in [0.5, 0.6) is 0 Å². The van der Waals surface area contributed by atoms with E-state index in [1.807, 2.05) is 36.4 Å². The normalized spacial score (nSPS) is 10.4. The Morgan fingerprint density at radius 2 is 1.85 bits per heavy atom. The van der Waals surface area contributed by atoms with Gasteiger partial charge in [0.2, 0.25) is 5.91 Å². The monoisotopic (exact) mass is 363 g/mol. The Kier molecular flexibility index (Phi) is 5.66. The van der Waals surface area contributed by atoms with Crippen molar-refractivity contribution in [3.63, 3.8) is 0 Å². The zero-order chi connectivity index (χ0) is 19.2. The summed E-state index contributed by atoms with van der Waals surface area (Å²) in [5, 5.41) is 6.83. The number of amides is 2. The van der Waals surface area contributed by atoms with Crippen LogP contribution in [0.4, 0.5) is 5.69 Å². The fourth-order valence-corrected chi connectivity index (χ4v) is 2.64. The standard InChI is InChI=1S/C21H21N3O3/c1-3-20(25)22-17-11-7-10-16(12-17)21(26)24(2)14-18-13-19(23-27-18)15-8-5-4-6-9-15/h4-13H,3,14H2,1-2H3,(H,22,25). The summed E-state index contributed by atoms with van der Waals surface area (Å²) in [6.45, 7) is 2.07. The number of hydrogen-bond acceptors (Lipinski definition) is 4. The van der Waals surface area contributed by atoms with Gasteiger partial charge in [-0.3, -0.25) is 9.59 Å². The summed E-state index contributed by atoms with van der Waals surface area (Å²) < 4.78 is 5.37. The Bertz CT molecular complexity index is 935. The van der Waals surface area contributed by atoms with Gasteiger partial charge in [-0.05, 0) is 18.2 Å². The molecule has 0 aliphatic carbocycles. The number of aromatic nitrogens is 1. The SMILES string of the molecule is CCC(=O)Nc1cccc(C(=O)N(C)Cc2cc(-c3ccccc3)no2)c1. The van der Waals surface area contributed by atoms with Crippen LogP contribution in [0.1, 0.15) is 29.5 Å². The molecule has 2 aromatic carbocycles. The van der Waals surface area contributed by atoms with Crippen LogP contribution >= 0.6 is 0 Å². The molecule has 1 aromatic heterocycles. The minimum Gasteiger partial charge on any atom is -0.359 e. The smallest absolute Gasteiger partial charge is 0.254 e. The molecule has 0 aliphatic heterocycles. The molecule has 0 atom stereocenters. The van der Waals surface area contributed by atoms with E-state index >= 15 is 0 Å². The van der Waals surface area contributed by atoms with Gasteiger partial charge in [0.15, 0.2) is 5.76 Å². The molecular weight excluding hydrogens is 342 g/mol. The molecule has 0 unspecified atom stereocenters. The molecule has 0 aliphatic rings. The van der Waals surface area contributed by atoms with Gasteiger partial charge in [0.05, 0.1) is 6.54 Å². The molecule has 138 valence electrons. The molecule has 3 aromatic rings. The van der Waals surface area contributed by atoms with Gasteiger partial charge in [0.25, 0.3) is 5.91 Å². The average Bonchev–Trinajstić information content (AvgIpc) is 3.16. The topological polar surface area (TPSA) is 75.4 Å². The second-order valence-electron chi connectivity index (χ2n) is 6.19. The zero-order valence-electron chi connectivity index (χ0n) is 15.3. The Morgan fingerprint density at radius 1 is 1.07 bits per heavy atom. The van der Waals surface area contributed by atoms with Crippen LogP contribution < -0.4 is 5.32 Å². The van der Waals surface area contributed by atoms with E-state index in [1.165, 1.54) is 0 Å². The second-order valence-corrected chi connectivity index (χ2v) is 6.19. The van der Waals surface area contributed by atoms with E-state index in [9.17, 15) is 9.59 Å². The van der Waals surface area contributed by atoms with Crippen molar-refractivity contribution in [3.8, 4) is 11.3 Å². The van der Waals surface area contributed by atoms with Crippen molar-refractivity contribution in [3.05, 3.63) is 72.0 Å². The van der Waals surface area contributed by atoms with Crippen LogP contribution in [0, 0.1) is 0 Å². The maximum absolute atomic E-state index is 12.7. The van der Waals surface area contributed by atoms with E-state index in [1.54, 1.807) is 43.1 Å². The third-order valence-electron chi connectivity index (χ3n) is 4.08. The number of benzene rings is 2. The summed E-state index contributed by atoms with van der Waals surface area (Å²) in [5.41, 5.74) is 2.79. The Labute approximate surface area is 157 Å². The molecule has 1 N–H and O–H groups in total. The Hall–Kier alpha value is -3.41. The van der Waals surface area contributed by atoms with E-state index in [-0.39, 0.29) is 11.8 Å². The van der Waals surface area contributed by atoms with Gasteiger partial charge < -0.3 is 14.7 Å². The van der Waals surface area contributed by atoms with Crippen LogP contribution in [-0.2, 0) is 11.3 Å². The lowest BCUT2D eigenvalue weighted by molar-refractivity contribution is -0.115. The quantitative estimate of drug-likeness (QED) is 0.719. The van der Waals surface area contributed by atoms with E-state index < -0.39 is 0 Å². The Balaban J connectivity index is 1.68. The van der Waals surface area contributed by atoms with E-state index in [4.69, 9.17) is 4.52 Å². The van der Waals surface area contributed by atoms with Crippen LogP contribution in [0.25, 0.3) is 11.3 Å². The lowest BCUT2D eigenvalue weighted by atomic mass is 10.1. The molecule has 6 nitrogen and oxygen atoms in total. The molecule has 2 amide bonds. The minimum absolute atomic E-state index is 0.0944. The lowest BCUT2D eigenvalue weighted by Crippen LogP contribution is -2.26. The number of anilines is 1. The molecule has 27 heavy (non-hydrogen) atoms. The fraction of sp³-hybridized carbons (Fsp3) is 0.190. The molecule has 3 rings (SSSR count). The second kappa shape index (κ2) is 8.31. The number of carbonyl (C=O) groups excluding carboxylic acids is 2. The fourth-order valence-electron chi connectivity index (χ4n) is 2.64. The van der Waals surface area contributed by atoms with Crippen LogP contribution in [0.2, 0.25) is 0 Å². The highest BCUT2D eigenvalue weighted by molar-refractivity contribution is 5.97. The number of rotatable bonds is 6. The maximum atomic E-state index is 12.7. The highest BCUT2D eigenvalue weighted by Crippen LogP contribution is 2.20. The van der Waals surface area contributed by atoms with Crippen molar-refractivity contribution in [2.24, 2.45) is 0 Å². The van der Waals surface area contributed by atoms with Crippen molar-refractivity contribution in [1.82, 2.24) is 10.1 Å². The summed E-state index contributed by atoms with van der Waals surface area (Å²) in [6, 6.07) is 18.4. The van der Waals surface area contributed by atoms with Gasteiger partial charge in [0.1, 0.15) is 5.69 Å². The molecule has 0 radical (unpaired) electrons. The first-order valence-corrected chi connectivity index (χ1v) is 8.73. The number of nitrogens with one attached hydrogen (secondary N) is 1. The zero-order valence-corrected chi connectivity index (χ0v) is 15.3.